The van der Waals surface area contributed by atoms with Crippen molar-refractivity contribution in [2.75, 3.05) is 5.32 Å². The van der Waals surface area contributed by atoms with E-state index in [1.807, 2.05) is 6.07 Å². The Balaban J connectivity index is 2.31. The van der Waals surface area contributed by atoms with Gasteiger partial charge in [-0.25, -0.2) is 9.78 Å². The van der Waals surface area contributed by atoms with Crippen LogP contribution in [-0.4, -0.2) is 22.0 Å². The highest BCUT2D eigenvalue weighted by Gasteiger charge is 2.16. The summed E-state index contributed by atoms with van der Waals surface area (Å²) >= 11 is 0. The predicted octanol–water partition coefficient (Wildman–Crippen LogP) is 2.21. The van der Waals surface area contributed by atoms with Gasteiger partial charge in [0.25, 0.3) is 5.91 Å². The predicted molar refractivity (Wildman–Crippen MR) is 75.0 cm³/mol. The standard InChI is InChI=1S/C15H11N3O3/c1-9-3-2-4-11(15(20)21)13(9)18-14(19)12-6-5-10(7-16)8-17-12/h2-6,8H,1H3,(H,18,19)(H,20,21). The summed E-state index contributed by atoms with van der Waals surface area (Å²) < 4.78 is 0. The second-order valence-electron chi connectivity index (χ2n) is 4.30. The van der Waals surface area contributed by atoms with Crippen molar-refractivity contribution in [2.45, 2.75) is 6.92 Å². The van der Waals surface area contributed by atoms with Crippen molar-refractivity contribution in [1.29, 1.82) is 5.26 Å². The summed E-state index contributed by atoms with van der Waals surface area (Å²) in [6.07, 6.45) is 1.28. The number of aromatic nitrogens is 1. The molecule has 2 rings (SSSR count). The third kappa shape index (κ3) is 3.04. The van der Waals surface area contributed by atoms with Crippen LogP contribution in [0.1, 0.15) is 32.0 Å². The average molecular weight is 281 g/mol. The van der Waals surface area contributed by atoms with Crippen molar-refractivity contribution in [3.8, 4) is 6.07 Å². The number of carbonyl (C=O) groups is 2. The molecule has 0 radical (unpaired) electrons. The maximum absolute atomic E-state index is 12.1. The number of aromatic carboxylic acids is 1. The normalized spacial score (nSPS) is 9.71. The van der Waals surface area contributed by atoms with Crippen LogP contribution >= 0.6 is 0 Å². The lowest BCUT2D eigenvalue weighted by Crippen LogP contribution is -2.17. The molecular weight excluding hydrogens is 270 g/mol. The van der Waals surface area contributed by atoms with Crippen LogP contribution in [-0.2, 0) is 0 Å². The van der Waals surface area contributed by atoms with E-state index in [9.17, 15) is 9.59 Å². The Morgan fingerprint density at radius 1 is 1.29 bits per heavy atom. The van der Waals surface area contributed by atoms with Gasteiger partial charge in [-0.15, -0.1) is 0 Å². The second-order valence-corrected chi connectivity index (χ2v) is 4.30. The number of rotatable bonds is 3. The maximum Gasteiger partial charge on any atom is 0.337 e. The van der Waals surface area contributed by atoms with Crippen molar-refractivity contribution in [3.63, 3.8) is 0 Å². The summed E-state index contributed by atoms with van der Waals surface area (Å²) in [6.45, 7) is 1.70. The zero-order valence-electron chi connectivity index (χ0n) is 11.1. The summed E-state index contributed by atoms with van der Waals surface area (Å²) in [7, 11) is 0. The Labute approximate surface area is 120 Å². The van der Waals surface area contributed by atoms with Gasteiger partial charge in [0.2, 0.25) is 0 Å². The first-order valence-corrected chi connectivity index (χ1v) is 6.03. The molecule has 0 aliphatic carbocycles. The number of nitriles is 1. The number of hydrogen-bond donors (Lipinski definition) is 2. The first-order valence-electron chi connectivity index (χ1n) is 6.03. The molecule has 0 saturated carbocycles. The first-order chi connectivity index (χ1) is 10.0. The van der Waals surface area contributed by atoms with Crippen LogP contribution in [0.5, 0.6) is 0 Å². The van der Waals surface area contributed by atoms with Crippen LogP contribution in [0.2, 0.25) is 0 Å². The van der Waals surface area contributed by atoms with Gasteiger partial charge in [0, 0.05) is 6.20 Å². The van der Waals surface area contributed by atoms with Crippen LogP contribution in [0.25, 0.3) is 0 Å². The number of nitrogens with one attached hydrogen (secondary N) is 1. The van der Waals surface area contributed by atoms with Gasteiger partial charge in [0.05, 0.1) is 16.8 Å². The molecule has 6 nitrogen and oxygen atoms in total. The van der Waals surface area contributed by atoms with E-state index in [1.165, 1.54) is 24.4 Å². The lowest BCUT2D eigenvalue weighted by molar-refractivity contribution is 0.0698. The van der Waals surface area contributed by atoms with Crippen LogP contribution in [0.3, 0.4) is 0 Å². The number of benzene rings is 1. The van der Waals surface area contributed by atoms with Crippen LogP contribution in [0, 0.1) is 18.3 Å². The van der Waals surface area contributed by atoms with E-state index in [-0.39, 0.29) is 16.9 Å². The van der Waals surface area contributed by atoms with Gasteiger partial charge in [-0.1, -0.05) is 12.1 Å². The Morgan fingerprint density at radius 2 is 2.05 bits per heavy atom. The van der Waals surface area contributed by atoms with E-state index < -0.39 is 11.9 Å². The number of anilines is 1. The summed E-state index contributed by atoms with van der Waals surface area (Å²) in [5, 5.41) is 20.4. The minimum atomic E-state index is -1.12. The van der Waals surface area contributed by atoms with Gasteiger partial charge in [0.15, 0.2) is 0 Å². The van der Waals surface area contributed by atoms with Crippen molar-refractivity contribution in [3.05, 3.63) is 58.9 Å². The number of aryl methyl sites for hydroxylation is 1. The molecule has 21 heavy (non-hydrogen) atoms. The van der Waals surface area contributed by atoms with E-state index in [0.717, 1.165) is 0 Å². The third-order valence-corrected chi connectivity index (χ3v) is 2.87. The Kier molecular flexibility index (Phi) is 3.95. The Bertz CT molecular complexity index is 746. The molecule has 0 saturated heterocycles. The number of nitrogens with zero attached hydrogens (tertiary/aromatic N) is 2. The molecule has 1 heterocycles. The van der Waals surface area contributed by atoms with Gasteiger partial charge >= 0.3 is 5.97 Å². The van der Waals surface area contributed by atoms with E-state index in [0.29, 0.717) is 11.1 Å². The number of pyridine rings is 1. The van der Waals surface area contributed by atoms with Gasteiger partial charge in [-0.3, -0.25) is 4.79 Å². The summed E-state index contributed by atoms with van der Waals surface area (Å²) in [4.78, 5) is 27.1. The minimum absolute atomic E-state index is 0.0111. The van der Waals surface area contributed by atoms with Crippen LogP contribution in [0.15, 0.2) is 36.5 Å². The fourth-order valence-corrected chi connectivity index (χ4v) is 1.78. The fourth-order valence-electron chi connectivity index (χ4n) is 1.78. The van der Waals surface area contributed by atoms with Gasteiger partial charge < -0.3 is 10.4 Å². The summed E-state index contributed by atoms with van der Waals surface area (Å²) in [5.74, 6) is -1.65. The van der Waals surface area contributed by atoms with E-state index in [4.69, 9.17) is 10.4 Å². The number of para-hydroxylation sites is 1. The van der Waals surface area contributed by atoms with Gasteiger partial charge in [0.1, 0.15) is 11.8 Å². The van der Waals surface area contributed by atoms with Crippen molar-refractivity contribution >= 4 is 17.6 Å². The second kappa shape index (κ2) is 5.84. The highest BCUT2D eigenvalue weighted by Crippen LogP contribution is 2.21. The van der Waals surface area contributed by atoms with Crippen LogP contribution < -0.4 is 5.32 Å². The molecule has 0 aliphatic heterocycles. The first kappa shape index (κ1) is 14.2. The number of carboxylic acids is 1. The van der Waals surface area contributed by atoms with Crippen LogP contribution in [0.4, 0.5) is 5.69 Å². The Hall–Kier alpha value is -3.20. The molecule has 0 atom stereocenters. The van der Waals surface area contributed by atoms with E-state index in [2.05, 4.69) is 10.3 Å². The molecule has 0 aliphatic rings. The third-order valence-electron chi connectivity index (χ3n) is 2.87. The SMILES string of the molecule is Cc1cccc(C(=O)O)c1NC(=O)c1ccc(C#N)cn1. The number of hydrogen-bond acceptors (Lipinski definition) is 4. The topological polar surface area (TPSA) is 103 Å². The van der Waals surface area contributed by atoms with E-state index >= 15 is 0 Å². The van der Waals surface area contributed by atoms with Crippen molar-refractivity contribution in [2.24, 2.45) is 0 Å². The summed E-state index contributed by atoms with van der Waals surface area (Å²) in [6, 6.07) is 9.51. The zero-order chi connectivity index (χ0) is 15.4. The zero-order valence-corrected chi connectivity index (χ0v) is 11.1. The summed E-state index contributed by atoms with van der Waals surface area (Å²) in [5.41, 5.74) is 1.33. The maximum atomic E-state index is 12.1. The monoisotopic (exact) mass is 281 g/mol. The molecule has 1 aromatic heterocycles. The largest absolute Gasteiger partial charge is 0.478 e. The van der Waals surface area contributed by atoms with Crippen molar-refractivity contribution < 1.29 is 14.7 Å². The smallest absolute Gasteiger partial charge is 0.337 e. The minimum Gasteiger partial charge on any atom is -0.478 e. The molecule has 6 heteroatoms. The van der Waals surface area contributed by atoms with Gasteiger partial charge in [-0.05, 0) is 30.7 Å². The molecule has 0 fully saturated rings. The lowest BCUT2D eigenvalue weighted by Gasteiger charge is -2.11. The molecule has 0 spiro atoms. The van der Waals surface area contributed by atoms with Gasteiger partial charge in [-0.2, -0.15) is 5.26 Å². The molecule has 2 aromatic rings. The average Bonchev–Trinajstić information content (AvgIpc) is 2.49. The molecule has 0 unspecified atom stereocenters. The highest BCUT2D eigenvalue weighted by atomic mass is 16.4. The lowest BCUT2D eigenvalue weighted by atomic mass is 10.1. The number of carbonyl (C=O) groups excluding carboxylic acids is 1. The Morgan fingerprint density at radius 3 is 2.62 bits per heavy atom. The molecule has 0 bridgehead atoms. The molecular formula is C15H11N3O3. The number of carboxylic acid groups (broad SMARTS) is 1. The molecule has 1 aromatic carbocycles. The van der Waals surface area contributed by atoms with E-state index in [1.54, 1.807) is 19.1 Å². The number of amides is 1. The molecule has 104 valence electrons. The molecule has 2 N–H and O–H groups in total. The quantitative estimate of drug-likeness (QED) is 0.897. The molecule has 1 amide bonds. The fraction of sp³-hybridized carbons (Fsp3) is 0.0667. The van der Waals surface area contributed by atoms with Crippen molar-refractivity contribution in [1.82, 2.24) is 4.98 Å². The highest BCUT2D eigenvalue weighted by molar-refractivity contribution is 6.07.